The van der Waals surface area contributed by atoms with Gasteiger partial charge >= 0.3 is 18.2 Å². The van der Waals surface area contributed by atoms with Gasteiger partial charge in [0.1, 0.15) is 17.3 Å². The molecule has 7 aliphatic rings. The Morgan fingerprint density at radius 1 is 0.657 bits per heavy atom. The highest BCUT2D eigenvalue weighted by molar-refractivity contribution is 6.30. The van der Waals surface area contributed by atoms with Crippen molar-refractivity contribution in [3.8, 4) is 0 Å². The normalized spacial score (nSPS) is 19.0. The van der Waals surface area contributed by atoms with Gasteiger partial charge in [0.05, 0.1) is 47.6 Å². The van der Waals surface area contributed by atoms with Gasteiger partial charge in [-0.3, -0.25) is 14.5 Å². The Hall–Kier alpha value is -7.03. The number of amides is 5. The number of carbonyl (C=O) groups excluding carboxylic acids is 3. The van der Waals surface area contributed by atoms with E-state index in [9.17, 15) is 31.9 Å². The van der Waals surface area contributed by atoms with Crippen LogP contribution in [0.4, 0.5) is 27.2 Å². The first kappa shape index (κ1) is 88.6. The van der Waals surface area contributed by atoms with E-state index in [0.29, 0.717) is 58.3 Å². The molecule has 0 spiro atoms. The molecule has 5 saturated carbocycles. The molecule has 6 aromatic rings. The second kappa shape index (κ2) is 44.3. The third-order valence-corrected chi connectivity index (χ3v) is 19.3. The molecule has 22 nitrogen and oxygen atoms in total. The summed E-state index contributed by atoms with van der Waals surface area (Å²) in [7, 11) is 9.60. The number of oxazole rings is 2. The van der Waals surface area contributed by atoms with Crippen molar-refractivity contribution in [1.29, 1.82) is 0 Å². The second-order valence-corrected chi connectivity index (χ2v) is 29.4. The third-order valence-electron chi connectivity index (χ3n) is 19.1. The number of hydrogen-bond acceptors (Lipinski definition) is 15. The molecular formula is C78H123ClF4N14O8. The first-order valence-electron chi connectivity index (χ1n) is 37.7. The lowest BCUT2D eigenvalue weighted by molar-refractivity contribution is -0.145. The molecule has 13 rings (SSSR count). The van der Waals surface area contributed by atoms with Crippen LogP contribution in [0.15, 0.2) is 58.0 Å². The van der Waals surface area contributed by atoms with Crippen LogP contribution in [-0.4, -0.2) is 191 Å². The van der Waals surface area contributed by atoms with Gasteiger partial charge in [-0.15, -0.1) is 0 Å². The van der Waals surface area contributed by atoms with Crippen LogP contribution in [0.3, 0.4) is 0 Å². The van der Waals surface area contributed by atoms with Crippen molar-refractivity contribution < 1.29 is 55.0 Å². The van der Waals surface area contributed by atoms with E-state index in [0.717, 1.165) is 188 Å². The van der Waals surface area contributed by atoms with E-state index in [-0.39, 0.29) is 17.6 Å². The number of rotatable bonds is 17. The standard InChI is InChI=1S/C15H27NO2.C14H24N2O2.C14H26N2O2.C7H11NO.C6H6ClN.C6H4F4N2.C6H10N2.C5H8N2.C5H7NO/c1-3-10-16(13-6-7-13)15(17)11-12-4-8-14(18-2)9-5-12;1-3-6-16(12-4-5-12)13(17)15(2)9-14-7-11(14)8-18-10-14;1-3-8-16(13-4-5-13)14(17)15(2)11-12-6-9-18-10-7-12;1-4-7-5(2)9-6(3)8-7;1-5-2-3-6(7)4-8-5;1-3-2-11-5(6(8,9)10)12-4(3)7;1-5-4-8(3)6(2)7-5;1-5-3-4-7(2)6-5;1-4-3-6-5(2)7-4/h12-14H,3-11H2,1-2H3;11-12H,3-10H2,1-2H3;12-13H,3-11H2,1-2H3;4H2,1-3H3;2-4H,1H3;2H,1H3;4H,1-3H3;3-4H,1-2H3;3H,1-2H3. The lowest BCUT2D eigenvalue weighted by atomic mass is 9.85. The zero-order chi connectivity index (χ0) is 77.6. The van der Waals surface area contributed by atoms with Crippen LogP contribution in [0.2, 0.25) is 5.02 Å². The maximum absolute atomic E-state index is 12.5. The maximum atomic E-state index is 12.5. The molecule has 0 bridgehead atoms. The van der Waals surface area contributed by atoms with Crippen molar-refractivity contribution in [1.82, 2.24) is 68.8 Å². The van der Waals surface area contributed by atoms with E-state index < -0.39 is 17.9 Å². The summed E-state index contributed by atoms with van der Waals surface area (Å²) in [6.45, 7) is 33.2. The number of ether oxygens (including phenoxy) is 3. The first-order valence-corrected chi connectivity index (χ1v) is 38.1. The Morgan fingerprint density at radius 3 is 1.61 bits per heavy atom. The molecule has 0 radical (unpaired) electrons. The van der Waals surface area contributed by atoms with Crippen molar-refractivity contribution in [3.63, 3.8) is 0 Å². The van der Waals surface area contributed by atoms with E-state index >= 15 is 0 Å². The topological polar surface area (TPSA) is 221 Å². The Kier molecular flexibility index (Phi) is 37.4. The van der Waals surface area contributed by atoms with E-state index in [2.05, 4.69) is 77.4 Å². The minimum Gasteiger partial charge on any atom is -0.446 e. The van der Waals surface area contributed by atoms with Gasteiger partial charge in [-0.1, -0.05) is 39.3 Å². The van der Waals surface area contributed by atoms with Gasteiger partial charge < -0.3 is 52.1 Å². The minimum absolute atomic E-state index is 0.0111. The average molecular weight is 1500 g/mol. The zero-order valence-electron chi connectivity index (χ0n) is 66.2. The van der Waals surface area contributed by atoms with Crippen LogP contribution in [-0.2, 0) is 45.7 Å². The van der Waals surface area contributed by atoms with Gasteiger partial charge in [-0.05, 0) is 194 Å². The number of hydrogen-bond donors (Lipinski definition) is 0. The zero-order valence-corrected chi connectivity index (χ0v) is 66.9. The summed E-state index contributed by atoms with van der Waals surface area (Å²) in [6, 6.07) is 7.75. The number of fused-ring (bicyclic) bond motifs is 1. The van der Waals surface area contributed by atoms with Crippen LogP contribution in [0.25, 0.3) is 0 Å². The van der Waals surface area contributed by atoms with Gasteiger partial charge in [-0.25, -0.2) is 29.5 Å². The van der Waals surface area contributed by atoms with E-state index in [4.69, 9.17) is 34.6 Å². The van der Waals surface area contributed by atoms with Crippen LogP contribution in [0.5, 0.6) is 0 Å². The molecule has 2 atom stereocenters. The fourth-order valence-electron chi connectivity index (χ4n) is 12.7. The van der Waals surface area contributed by atoms with Gasteiger partial charge in [0, 0.05) is 161 Å². The van der Waals surface area contributed by atoms with E-state index in [1.54, 1.807) is 24.2 Å². The molecule has 8 heterocycles. The summed E-state index contributed by atoms with van der Waals surface area (Å²) in [5, 5.41) is 4.72. The number of alkyl halides is 3. The predicted octanol–water partition coefficient (Wildman–Crippen LogP) is 16.2. The number of halogens is 5. The van der Waals surface area contributed by atoms with E-state index in [1.807, 2.05) is 129 Å². The Bertz CT molecular complexity index is 3380. The van der Waals surface area contributed by atoms with Crippen molar-refractivity contribution in [3.05, 3.63) is 123 Å². The van der Waals surface area contributed by atoms with Crippen LogP contribution in [0.1, 0.15) is 200 Å². The van der Waals surface area contributed by atoms with Crippen molar-refractivity contribution in [2.75, 3.05) is 80.4 Å². The average Bonchev–Trinajstić information content (AvgIpc) is 1.58. The number of aryl methyl sites for hydroxylation is 12. The molecule has 5 amide bonds. The molecule has 588 valence electrons. The molecule has 6 aromatic heterocycles. The summed E-state index contributed by atoms with van der Waals surface area (Å²) < 4.78 is 78.1. The summed E-state index contributed by atoms with van der Waals surface area (Å²) >= 11 is 5.55. The van der Waals surface area contributed by atoms with Crippen molar-refractivity contribution in [2.24, 2.45) is 37.3 Å². The van der Waals surface area contributed by atoms with Crippen molar-refractivity contribution >= 4 is 29.6 Å². The molecule has 2 aliphatic heterocycles. The number of aromatic nitrogens is 9. The fourth-order valence-corrected chi connectivity index (χ4v) is 12.8. The third kappa shape index (κ3) is 32.1. The Balaban J connectivity index is 0.000000218. The van der Waals surface area contributed by atoms with Gasteiger partial charge in [0.15, 0.2) is 11.8 Å². The lowest BCUT2D eigenvalue weighted by Gasteiger charge is -2.31. The predicted molar refractivity (Wildman–Crippen MR) is 401 cm³/mol. The Morgan fingerprint density at radius 2 is 1.25 bits per heavy atom. The molecule has 2 saturated heterocycles. The highest BCUT2D eigenvalue weighted by Crippen LogP contribution is 2.57. The number of pyridine rings is 1. The van der Waals surface area contributed by atoms with Crippen LogP contribution >= 0.6 is 11.6 Å². The molecule has 2 unspecified atom stereocenters. The molecule has 0 N–H and O–H groups in total. The van der Waals surface area contributed by atoms with Crippen LogP contribution < -0.4 is 0 Å². The molecular weight excluding hydrogens is 1370 g/mol. The highest BCUT2D eigenvalue weighted by Gasteiger charge is 2.59. The van der Waals surface area contributed by atoms with Crippen LogP contribution in [0, 0.1) is 91.4 Å². The second-order valence-electron chi connectivity index (χ2n) is 28.9. The Labute approximate surface area is 627 Å². The largest absolute Gasteiger partial charge is 0.451 e. The SMILES string of the molecule is CCCN(C(=O)CC1CCC(OC)CC1)C1CC1.CCCN(C(=O)N(C)CC12COCC1C2)C1CC1.CCCN(C(=O)N(C)CC1CCOCC1)C1CC1.CCc1nc(C)oc1C.Cc1ccc(Cl)cn1.Cc1ccn(C)n1.Cc1cn(C)c(C)n1.Cc1cnc(C(F)(F)F)nc1F.Cc1cnc(C)o1. The van der Waals surface area contributed by atoms with Gasteiger partial charge in [-0.2, -0.15) is 27.6 Å². The molecule has 105 heavy (non-hydrogen) atoms. The number of imidazole rings is 1. The maximum Gasteiger partial charge on any atom is 0.451 e. The summed E-state index contributed by atoms with van der Waals surface area (Å²) in [4.78, 5) is 69.1. The summed E-state index contributed by atoms with van der Waals surface area (Å²) in [5.41, 5.74) is 4.53. The first-order chi connectivity index (χ1) is 49.8. The van der Waals surface area contributed by atoms with E-state index in [1.165, 1.54) is 51.9 Å². The number of nitrogens with zero attached hydrogens (tertiary/aromatic N) is 14. The molecule has 5 aliphatic carbocycles. The summed E-state index contributed by atoms with van der Waals surface area (Å²) in [6.07, 6.45) is 24.0. The quantitative estimate of drug-likeness (QED) is 0.0612. The van der Waals surface area contributed by atoms with Gasteiger partial charge in [0.25, 0.3) is 0 Å². The molecule has 27 heteroatoms. The summed E-state index contributed by atoms with van der Waals surface area (Å²) in [5.74, 6) is 4.14. The number of methoxy groups -OCH3 is 1. The highest BCUT2D eigenvalue weighted by atomic mass is 35.5. The minimum atomic E-state index is -4.69. The smallest absolute Gasteiger partial charge is 0.446 e. The lowest BCUT2D eigenvalue weighted by Crippen LogP contribution is -2.45. The monoisotopic (exact) mass is 1490 g/mol. The molecule has 0 aromatic carbocycles. The number of urea groups is 2. The fraction of sp³-hybridized carbons (Fsp3) is 0.692. The van der Waals surface area contributed by atoms with Gasteiger partial charge in [0.2, 0.25) is 17.7 Å². The molecule has 7 fully saturated rings. The number of carbonyl (C=O) groups is 3. The van der Waals surface area contributed by atoms with Crippen molar-refractivity contribution in [2.45, 2.75) is 236 Å².